The van der Waals surface area contributed by atoms with Crippen molar-refractivity contribution in [2.45, 2.75) is 19.2 Å². The van der Waals surface area contributed by atoms with Crippen LogP contribution < -0.4 is 16.0 Å². The van der Waals surface area contributed by atoms with Gasteiger partial charge in [-0.05, 0) is 6.92 Å². The van der Waals surface area contributed by atoms with E-state index in [0.29, 0.717) is 0 Å². The molecule has 3 N–H and O–H groups in total. The van der Waals surface area contributed by atoms with E-state index < -0.39 is 12.3 Å². The van der Waals surface area contributed by atoms with Crippen molar-refractivity contribution in [3.8, 4) is 5.88 Å². The average Bonchev–Trinajstić information content (AvgIpc) is 2.16. The molecule has 0 fully saturated rings. The normalized spacial score (nSPS) is 13.4. The second-order valence-electron chi connectivity index (χ2n) is 2.66. The number of nitrogens with zero attached hydrogens (tertiary/aromatic N) is 2. The van der Waals surface area contributed by atoms with E-state index in [0.717, 1.165) is 6.92 Å². The zero-order valence-corrected chi connectivity index (χ0v) is 7.75. The van der Waals surface area contributed by atoms with Crippen LogP contribution in [-0.4, -0.2) is 22.2 Å². The van der Waals surface area contributed by atoms with Gasteiger partial charge >= 0.3 is 6.18 Å². The van der Waals surface area contributed by atoms with Gasteiger partial charge < -0.3 is 4.74 Å². The van der Waals surface area contributed by atoms with Gasteiger partial charge in [0.15, 0.2) is 6.10 Å². The molecule has 0 spiro atoms. The predicted octanol–water partition coefficient (Wildman–Crippen LogP) is 1.09. The third-order valence-electron chi connectivity index (χ3n) is 1.52. The van der Waals surface area contributed by atoms with Crippen molar-refractivity contribution >= 4 is 5.95 Å². The zero-order chi connectivity index (χ0) is 11.5. The number of rotatable bonds is 3. The van der Waals surface area contributed by atoms with Crippen molar-refractivity contribution in [3.63, 3.8) is 0 Å². The number of nitrogens with one attached hydrogen (secondary N) is 1. The quantitative estimate of drug-likeness (QED) is 0.591. The van der Waals surface area contributed by atoms with Gasteiger partial charge in [-0.2, -0.15) is 18.2 Å². The number of nitrogen functional groups attached to an aromatic ring is 1. The molecule has 0 amide bonds. The fourth-order valence-electron chi connectivity index (χ4n) is 0.725. The van der Waals surface area contributed by atoms with E-state index in [4.69, 9.17) is 5.84 Å². The smallest absolute Gasteiger partial charge is 0.425 e. The van der Waals surface area contributed by atoms with Crippen molar-refractivity contribution < 1.29 is 17.9 Å². The van der Waals surface area contributed by atoms with E-state index in [9.17, 15) is 13.2 Å². The number of hydrogen-bond donors (Lipinski definition) is 2. The topological polar surface area (TPSA) is 73.1 Å². The summed E-state index contributed by atoms with van der Waals surface area (Å²) in [5.41, 5.74) is 2.10. The summed E-state index contributed by atoms with van der Waals surface area (Å²) in [5.74, 6) is 4.78. The lowest BCUT2D eigenvalue weighted by atomic mass is 10.4. The number of hydrogen-bond acceptors (Lipinski definition) is 5. The van der Waals surface area contributed by atoms with E-state index in [1.54, 1.807) is 0 Å². The minimum absolute atomic E-state index is 0.0122. The van der Waals surface area contributed by atoms with Crippen LogP contribution in [-0.2, 0) is 0 Å². The Morgan fingerprint density at radius 3 is 2.73 bits per heavy atom. The maximum absolute atomic E-state index is 12.1. The summed E-state index contributed by atoms with van der Waals surface area (Å²) in [6.07, 6.45) is -5.12. The fraction of sp³-hybridized carbons (Fsp3) is 0.429. The maximum Gasteiger partial charge on any atom is 0.425 e. The summed E-state index contributed by atoms with van der Waals surface area (Å²) < 4.78 is 40.9. The molecule has 1 rings (SSSR count). The molecule has 1 atom stereocenters. The molecule has 0 aliphatic rings. The molecule has 1 aromatic heterocycles. The molecule has 84 valence electrons. The lowest BCUT2D eigenvalue weighted by Gasteiger charge is -2.16. The van der Waals surface area contributed by atoms with Crippen LogP contribution in [0.5, 0.6) is 5.88 Å². The van der Waals surface area contributed by atoms with Gasteiger partial charge in [0.2, 0.25) is 11.8 Å². The molecule has 0 bridgehead atoms. The third kappa shape index (κ3) is 3.24. The van der Waals surface area contributed by atoms with Crippen LogP contribution in [0, 0.1) is 0 Å². The van der Waals surface area contributed by atoms with E-state index in [-0.39, 0.29) is 11.8 Å². The van der Waals surface area contributed by atoms with Crippen molar-refractivity contribution in [2.75, 3.05) is 5.43 Å². The minimum Gasteiger partial charge on any atom is -0.465 e. The number of hydrazine groups is 1. The first-order chi connectivity index (χ1) is 6.93. The van der Waals surface area contributed by atoms with Crippen LogP contribution in [0.4, 0.5) is 19.1 Å². The minimum atomic E-state index is -4.43. The Bertz CT molecular complexity index is 330. The van der Waals surface area contributed by atoms with Crippen LogP contribution in [0.2, 0.25) is 0 Å². The number of anilines is 1. The standard InChI is InChI=1S/C7H9F3N4O/c1-4(7(8,9)10)15-5-2-3-12-6(13-5)14-11/h2-4H,11H2,1H3,(H,12,13,14). The van der Waals surface area contributed by atoms with Crippen molar-refractivity contribution in [1.82, 2.24) is 9.97 Å². The Hall–Kier alpha value is -1.57. The number of aromatic nitrogens is 2. The van der Waals surface area contributed by atoms with Gasteiger partial charge in [-0.15, -0.1) is 0 Å². The van der Waals surface area contributed by atoms with Gasteiger partial charge in [0.05, 0.1) is 0 Å². The Morgan fingerprint density at radius 1 is 1.53 bits per heavy atom. The van der Waals surface area contributed by atoms with Crippen molar-refractivity contribution in [1.29, 1.82) is 0 Å². The van der Waals surface area contributed by atoms with Gasteiger partial charge in [-0.3, -0.25) is 5.43 Å². The summed E-state index contributed by atoms with van der Waals surface area (Å²) in [6, 6.07) is 1.21. The number of ether oxygens (including phenoxy) is 1. The van der Waals surface area contributed by atoms with Crippen LogP contribution in [0.3, 0.4) is 0 Å². The Morgan fingerprint density at radius 2 is 2.20 bits per heavy atom. The molecule has 8 heteroatoms. The Balaban J connectivity index is 2.72. The van der Waals surface area contributed by atoms with Crippen molar-refractivity contribution in [2.24, 2.45) is 5.84 Å². The molecular formula is C7H9F3N4O. The summed E-state index contributed by atoms with van der Waals surface area (Å²) in [5, 5.41) is 0. The lowest BCUT2D eigenvalue weighted by Crippen LogP contribution is -2.31. The predicted molar refractivity (Wildman–Crippen MR) is 46.0 cm³/mol. The van der Waals surface area contributed by atoms with Gasteiger partial charge in [-0.25, -0.2) is 10.8 Å². The Kier molecular flexibility index (Phi) is 3.30. The molecular weight excluding hydrogens is 213 g/mol. The summed E-state index contributed by atoms with van der Waals surface area (Å²) in [7, 11) is 0. The first-order valence-electron chi connectivity index (χ1n) is 3.96. The number of nitrogens with two attached hydrogens (primary N) is 1. The molecule has 0 aromatic carbocycles. The van der Waals surface area contributed by atoms with Gasteiger partial charge in [0.1, 0.15) is 0 Å². The van der Waals surface area contributed by atoms with E-state index >= 15 is 0 Å². The fourth-order valence-corrected chi connectivity index (χ4v) is 0.725. The molecule has 1 aromatic rings. The lowest BCUT2D eigenvalue weighted by molar-refractivity contribution is -0.189. The second-order valence-corrected chi connectivity index (χ2v) is 2.66. The Labute approximate surface area is 83.4 Å². The SMILES string of the molecule is CC(Oc1ccnc(NN)n1)C(F)(F)F. The van der Waals surface area contributed by atoms with Gasteiger partial charge in [0.25, 0.3) is 0 Å². The monoisotopic (exact) mass is 222 g/mol. The summed E-state index contributed by atoms with van der Waals surface area (Å²) in [4.78, 5) is 7.19. The van der Waals surface area contributed by atoms with Crippen LogP contribution in [0.15, 0.2) is 12.3 Å². The summed E-state index contributed by atoms with van der Waals surface area (Å²) >= 11 is 0. The van der Waals surface area contributed by atoms with Gasteiger partial charge in [0, 0.05) is 12.3 Å². The highest BCUT2D eigenvalue weighted by Gasteiger charge is 2.38. The zero-order valence-electron chi connectivity index (χ0n) is 7.75. The first-order valence-corrected chi connectivity index (χ1v) is 3.96. The largest absolute Gasteiger partial charge is 0.465 e. The highest BCUT2D eigenvalue weighted by molar-refractivity contribution is 5.25. The second kappa shape index (κ2) is 4.30. The number of halogens is 3. The molecule has 1 heterocycles. The maximum atomic E-state index is 12.1. The van der Waals surface area contributed by atoms with E-state index in [2.05, 4.69) is 20.1 Å². The molecule has 0 aliphatic heterocycles. The van der Waals surface area contributed by atoms with E-state index in [1.165, 1.54) is 12.3 Å². The third-order valence-corrected chi connectivity index (χ3v) is 1.52. The summed E-state index contributed by atoms with van der Waals surface area (Å²) in [6.45, 7) is 0.887. The molecule has 0 radical (unpaired) electrons. The molecule has 0 aliphatic carbocycles. The first kappa shape index (κ1) is 11.5. The van der Waals surface area contributed by atoms with Crippen LogP contribution in [0.1, 0.15) is 6.92 Å². The van der Waals surface area contributed by atoms with Crippen LogP contribution in [0.25, 0.3) is 0 Å². The average molecular weight is 222 g/mol. The molecule has 15 heavy (non-hydrogen) atoms. The number of alkyl halides is 3. The van der Waals surface area contributed by atoms with Crippen molar-refractivity contribution in [3.05, 3.63) is 12.3 Å². The van der Waals surface area contributed by atoms with Gasteiger partial charge in [-0.1, -0.05) is 0 Å². The molecule has 1 unspecified atom stereocenters. The molecule has 0 saturated heterocycles. The molecule has 5 nitrogen and oxygen atoms in total. The molecule has 0 saturated carbocycles. The van der Waals surface area contributed by atoms with Crippen LogP contribution >= 0.6 is 0 Å². The highest BCUT2D eigenvalue weighted by Crippen LogP contribution is 2.23. The highest BCUT2D eigenvalue weighted by atomic mass is 19.4. The van der Waals surface area contributed by atoms with E-state index in [1.807, 2.05) is 0 Å².